The number of nitrogens with zero attached hydrogens (tertiary/aromatic N) is 2. The quantitative estimate of drug-likeness (QED) is 0.202. The van der Waals surface area contributed by atoms with Crippen LogP contribution in [0.25, 0.3) is 0 Å². The van der Waals surface area contributed by atoms with Crippen molar-refractivity contribution in [2.24, 2.45) is 4.99 Å². The molecule has 2 aromatic rings. The van der Waals surface area contributed by atoms with Crippen LogP contribution in [0.2, 0.25) is 0 Å². The Morgan fingerprint density at radius 1 is 0.829 bits per heavy atom. The van der Waals surface area contributed by atoms with Gasteiger partial charge in [0.25, 0.3) is 0 Å². The summed E-state index contributed by atoms with van der Waals surface area (Å²) in [6.45, 7) is 0.175. The summed E-state index contributed by atoms with van der Waals surface area (Å²) in [5, 5.41) is 0. The lowest BCUT2D eigenvalue weighted by molar-refractivity contribution is -0.145. The van der Waals surface area contributed by atoms with E-state index in [0.29, 0.717) is 17.7 Å². The van der Waals surface area contributed by atoms with Crippen LogP contribution in [0.3, 0.4) is 0 Å². The number of benzene rings is 2. The minimum absolute atomic E-state index is 0.00308. The van der Waals surface area contributed by atoms with Crippen LogP contribution in [-0.2, 0) is 14.3 Å². The summed E-state index contributed by atoms with van der Waals surface area (Å²) in [6.07, 6.45) is -0.213. The highest BCUT2D eigenvalue weighted by Crippen LogP contribution is 2.29. The third-order valence-electron chi connectivity index (χ3n) is 4.77. The lowest BCUT2D eigenvalue weighted by Gasteiger charge is -2.27. The van der Waals surface area contributed by atoms with Gasteiger partial charge in [0.05, 0.1) is 27.9 Å². The van der Waals surface area contributed by atoms with Gasteiger partial charge in [-0.15, -0.1) is 0 Å². The van der Waals surface area contributed by atoms with Crippen LogP contribution in [0.5, 0.6) is 23.0 Å². The Morgan fingerprint density at radius 2 is 1.31 bits per heavy atom. The van der Waals surface area contributed by atoms with Crippen LogP contribution in [0.15, 0.2) is 53.5 Å². The number of isocyanates is 1. The molecule has 11 nitrogen and oxygen atoms in total. The van der Waals surface area contributed by atoms with E-state index in [1.54, 1.807) is 36.4 Å². The highest BCUT2D eigenvalue weighted by atomic mass is 16.6. The second-order valence-electron chi connectivity index (χ2n) is 6.92. The summed E-state index contributed by atoms with van der Waals surface area (Å²) >= 11 is 0. The Morgan fingerprint density at radius 3 is 1.74 bits per heavy atom. The average molecular weight is 486 g/mol. The molecule has 0 spiro atoms. The Hall–Kier alpha value is -4.37. The van der Waals surface area contributed by atoms with Crippen LogP contribution >= 0.6 is 0 Å². The first-order valence-corrected chi connectivity index (χ1v) is 10.6. The highest BCUT2D eigenvalue weighted by molar-refractivity contribution is 5.95. The summed E-state index contributed by atoms with van der Waals surface area (Å²) in [5.74, 6) is -0.337. The van der Waals surface area contributed by atoms with Crippen molar-refractivity contribution < 1.29 is 42.9 Å². The summed E-state index contributed by atoms with van der Waals surface area (Å²) in [4.78, 5) is 53.3. The molecule has 0 saturated carbocycles. The van der Waals surface area contributed by atoms with Gasteiger partial charge < -0.3 is 23.7 Å². The van der Waals surface area contributed by atoms with Crippen molar-refractivity contribution in [2.45, 2.75) is 25.3 Å². The molecule has 0 aliphatic heterocycles. The third kappa shape index (κ3) is 7.58. The van der Waals surface area contributed by atoms with Gasteiger partial charge in [-0.25, -0.2) is 24.2 Å². The molecule has 0 aliphatic carbocycles. The number of amides is 2. The second-order valence-corrected chi connectivity index (χ2v) is 6.92. The monoisotopic (exact) mass is 486 g/mol. The molecular weight excluding hydrogens is 460 g/mol. The Kier molecular flexibility index (Phi) is 10.8. The molecule has 1 unspecified atom stereocenters. The first kappa shape index (κ1) is 26.9. The normalized spacial score (nSPS) is 10.8. The number of carbonyl (C=O) groups excluding carboxylic acids is 4. The first-order chi connectivity index (χ1) is 17.0. The molecule has 0 N–H and O–H groups in total. The molecule has 0 heterocycles. The van der Waals surface area contributed by atoms with E-state index in [9.17, 15) is 19.2 Å². The SMILES string of the molecule is COC(=O)C(CCCCN=C=O)N(C(=O)Oc1ccccc1OC)C(=O)Oc1ccccc1OC. The molecule has 0 aromatic heterocycles. The molecule has 2 amide bonds. The number of hydrogen-bond donors (Lipinski definition) is 0. The van der Waals surface area contributed by atoms with Gasteiger partial charge in [-0.2, -0.15) is 4.90 Å². The van der Waals surface area contributed by atoms with Crippen molar-refractivity contribution in [3.63, 3.8) is 0 Å². The molecule has 0 saturated heterocycles. The van der Waals surface area contributed by atoms with E-state index in [1.807, 2.05) is 0 Å². The first-order valence-electron chi connectivity index (χ1n) is 10.6. The number of rotatable bonds is 11. The number of imide groups is 1. The van der Waals surface area contributed by atoms with Gasteiger partial charge in [-0.05, 0) is 43.5 Å². The largest absolute Gasteiger partial charge is 0.493 e. The topological polar surface area (TPSA) is 130 Å². The zero-order valence-corrected chi connectivity index (χ0v) is 19.6. The van der Waals surface area contributed by atoms with Crippen molar-refractivity contribution in [2.75, 3.05) is 27.9 Å². The summed E-state index contributed by atoms with van der Waals surface area (Å²) in [5.41, 5.74) is 0. The average Bonchev–Trinajstić information content (AvgIpc) is 2.87. The minimum atomic E-state index is -1.38. The van der Waals surface area contributed by atoms with E-state index in [4.69, 9.17) is 23.7 Å². The van der Waals surface area contributed by atoms with Crippen LogP contribution in [0.4, 0.5) is 9.59 Å². The van der Waals surface area contributed by atoms with Crippen molar-refractivity contribution in [1.82, 2.24) is 4.90 Å². The number of ether oxygens (including phenoxy) is 5. The van der Waals surface area contributed by atoms with Crippen molar-refractivity contribution in [3.8, 4) is 23.0 Å². The molecule has 11 heteroatoms. The lowest BCUT2D eigenvalue weighted by Crippen LogP contribution is -2.51. The molecule has 2 aromatic carbocycles. The molecule has 2 rings (SSSR count). The van der Waals surface area contributed by atoms with E-state index in [2.05, 4.69) is 4.99 Å². The van der Waals surface area contributed by atoms with Gasteiger partial charge in [0.15, 0.2) is 23.0 Å². The minimum Gasteiger partial charge on any atom is -0.493 e. The number of aliphatic imine (C=N–C) groups is 1. The van der Waals surface area contributed by atoms with Crippen molar-refractivity contribution in [3.05, 3.63) is 48.5 Å². The number of esters is 1. The Labute approximate surface area is 202 Å². The van der Waals surface area contributed by atoms with E-state index in [0.717, 1.165) is 7.11 Å². The maximum absolute atomic E-state index is 13.2. The lowest BCUT2D eigenvalue weighted by atomic mass is 10.1. The third-order valence-corrected chi connectivity index (χ3v) is 4.77. The smallest absolute Gasteiger partial charge is 0.425 e. The van der Waals surface area contributed by atoms with Crippen molar-refractivity contribution >= 4 is 24.2 Å². The van der Waals surface area contributed by atoms with Crippen LogP contribution in [-0.4, -0.2) is 63.1 Å². The number of carbonyl (C=O) groups is 3. The highest BCUT2D eigenvalue weighted by Gasteiger charge is 2.39. The number of unbranched alkanes of at least 4 members (excludes halogenated alkanes) is 1. The van der Waals surface area contributed by atoms with Crippen LogP contribution in [0, 0.1) is 0 Å². The molecule has 35 heavy (non-hydrogen) atoms. The molecule has 186 valence electrons. The van der Waals surface area contributed by atoms with E-state index in [-0.39, 0.29) is 36.0 Å². The fourth-order valence-corrected chi connectivity index (χ4v) is 3.08. The number of para-hydroxylation sites is 4. The summed E-state index contributed by atoms with van der Waals surface area (Å²) < 4.78 is 26.0. The predicted molar refractivity (Wildman–Crippen MR) is 123 cm³/mol. The summed E-state index contributed by atoms with van der Waals surface area (Å²) in [6, 6.07) is 11.2. The van der Waals surface area contributed by atoms with Gasteiger partial charge in [0.2, 0.25) is 6.08 Å². The fraction of sp³-hybridized carbons (Fsp3) is 0.333. The number of hydrogen-bond acceptors (Lipinski definition) is 10. The maximum atomic E-state index is 13.2. The maximum Gasteiger partial charge on any atom is 0.425 e. The van der Waals surface area contributed by atoms with Gasteiger partial charge in [-0.3, -0.25) is 0 Å². The standard InChI is InChI=1S/C24H26N2O9/c1-31-18-11-4-6-13-20(18)34-23(29)26(17(22(28)33-3)10-8-9-15-25-16-27)24(30)35-21-14-7-5-12-19(21)32-2/h4-7,11-14,17H,8-10,15H2,1-3H3. The Balaban J connectivity index is 2.39. The summed E-state index contributed by atoms with van der Waals surface area (Å²) in [7, 11) is 3.90. The van der Waals surface area contributed by atoms with E-state index in [1.165, 1.54) is 32.4 Å². The van der Waals surface area contributed by atoms with Crippen molar-refractivity contribution in [1.29, 1.82) is 0 Å². The molecular formula is C24H26N2O9. The molecule has 0 fully saturated rings. The van der Waals surface area contributed by atoms with Gasteiger partial charge in [0, 0.05) is 0 Å². The van der Waals surface area contributed by atoms with Gasteiger partial charge in [-0.1, -0.05) is 24.3 Å². The Bertz CT molecular complexity index is 1000. The van der Waals surface area contributed by atoms with Crippen LogP contribution < -0.4 is 18.9 Å². The second kappa shape index (κ2) is 14.0. The van der Waals surface area contributed by atoms with Crippen LogP contribution in [0.1, 0.15) is 19.3 Å². The van der Waals surface area contributed by atoms with Gasteiger partial charge >= 0.3 is 18.2 Å². The predicted octanol–water partition coefficient (Wildman–Crippen LogP) is 3.75. The molecule has 0 aliphatic rings. The number of methoxy groups -OCH3 is 3. The zero-order valence-electron chi connectivity index (χ0n) is 19.6. The molecule has 0 bridgehead atoms. The van der Waals surface area contributed by atoms with E-state index < -0.39 is 24.2 Å². The zero-order chi connectivity index (χ0) is 25.6. The fourth-order valence-electron chi connectivity index (χ4n) is 3.08. The van der Waals surface area contributed by atoms with Gasteiger partial charge in [0.1, 0.15) is 6.04 Å². The molecule has 0 radical (unpaired) electrons. The van der Waals surface area contributed by atoms with E-state index >= 15 is 0 Å². The molecule has 1 atom stereocenters.